The molecule has 4 rings (SSSR count). The summed E-state index contributed by atoms with van der Waals surface area (Å²) >= 11 is 0. The maximum atomic E-state index is 12.1. The van der Waals surface area contributed by atoms with Crippen LogP contribution in [0.1, 0.15) is 19.1 Å². The number of morpholine rings is 1. The molecular weight excluding hydrogens is 429 g/mol. The molecule has 166 valence electrons. The van der Waals surface area contributed by atoms with Crippen molar-refractivity contribution in [2.75, 3.05) is 39.4 Å². The van der Waals surface area contributed by atoms with Gasteiger partial charge in [-0.2, -0.15) is 0 Å². The van der Waals surface area contributed by atoms with Gasteiger partial charge in [-0.1, -0.05) is 0 Å². The molecule has 0 bridgehead atoms. The van der Waals surface area contributed by atoms with Crippen LogP contribution in [-0.2, 0) is 4.74 Å². The molecule has 29 heavy (non-hydrogen) atoms. The van der Waals surface area contributed by atoms with Gasteiger partial charge in [-0.25, -0.2) is 0 Å². The maximum absolute atomic E-state index is 12.1. The molecule has 4 heterocycles. The van der Waals surface area contributed by atoms with Gasteiger partial charge in [0.2, 0.25) is 11.8 Å². The third-order valence-corrected chi connectivity index (χ3v) is 4.43. The fourth-order valence-corrected chi connectivity index (χ4v) is 3.38. The van der Waals surface area contributed by atoms with E-state index in [2.05, 4.69) is 20.0 Å². The molecule has 0 radical (unpaired) electrons. The van der Waals surface area contributed by atoms with Crippen molar-refractivity contribution in [3.8, 4) is 0 Å². The SMILES string of the molecule is FP(F)(F)(F)F.[F-].[O-][n+]1nn(C(N2CCCC2)N2CCOCC2)c2cccnc21. The molecule has 0 aromatic carbocycles. The summed E-state index contributed by atoms with van der Waals surface area (Å²) in [4.78, 5) is 9.52. The Morgan fingerprint density at radius 3 is 2.17 bits per heavy atom. The van der Waals surface area contributed by atoms with E-state index in [0.29, 0.717) is 10.5 Å². The van der Waals surface area contributed by atoms with Crippen LogP contribution in [0.2, 0.25) is 0 Å². The number of hydrogen-bond donors (Lipinski definition) is 0. The average molecular weight is 449 g/mol. The number of hydrogen-bond acceptors (Lipinski definition) is 6. The van der Waals surface area contributed by atoms with Crippen molar-refractivity contribution in [2.45, 2.75) is 19.1 Å². The number of aromatic nitrogens is 4. The second-order valence-electron chi connectivity index (χ2n) is 6.43. The Bertz CT molecular complexity index is 790. The third kappa shape index (κ3) is 6.63. The van der Waals surface area contributed by atoms with Crippen molar-refractivity contribution >= 4 is 19.3 Å². The summed E-state index contributed by atoms with van der Waals surface area (Å²) < 4.78 is 56.5. The summed E-state index contributed by atoms with van der Waals surface area (Å²) in [7, 11) is -8.55. The van der Waals surface area contributed by atoms with E-state index in [1.165, 1.54) is 12.8 Å². The van der Waals surface area contributed by atoms with Gasteiger partial charge in [0.05, 0.1) is 13.2 Å². The van der Waals surface area contributed by atoms with E-state index in [1.54, 1.807) is 6.20 Å². The molecule has 2 aliphatic heterocycles. The number of ether oxygens (including phenoxy) is 1. The number of fused-ring (bicyclic) bond motifs is 1. The minimum Gasteiger partial charge on any atom is -1.00 e. The average Bonchev–Trinajstić information content (AvgIpc) is 3.24. The zero-order chi connectivity index (χ0) is 20.4. The van der Waals surface area contributed by atoms with Gasteiger partial charge < -0.3 is 14.6 Å². The predicted molar refractivity (Wildman–Crippen MR) is 91.2 cm³/mol. The normalized spacial score (nSPS) is 20.9. The van der Waals surface area contributed by atoms with Crippen molar-refractivity contribution in [1.82, 2.24) is 24.7 Å². The number of rotatable bonds is 3. The molecule has 2 fully saturated rings. The minimum absolute atomic E-state index is 0. The van der Waals surface area contributed by atoms with Crippen molar-refractivity contribution in [1.29, 1.82) is 0 Å². The molecule has 1 atom stereocenters. The predicted octanol–water partition coefficient (Wildman–Crippen LogP) is -0.0850. The Kier molecular flexibility index (Phi) is 7.25. The molecule has 0 N–H and O–H groups in total. The number of pyridine rings is 1. The fraction of sp³-hybridized carbons (Fsp3) is 0.643. The molecule has 1 unspecified atom stereocenters. The summed E-state index contributed by atoms with van der Waals surface area (Å²) in [6.45, 7) is 5.20. The van der Waals surface area contributed by atoms with Gasteiger partial charge in [0.15, 0.2) is 0 Å². The van der Waals surface area contributed by atoms with E-state index in [0.717, 1.165) is 44.9 Å². The third-order valence-electron chi connectivity index (χ3n) is 4.43. The molecule has 15 heteroatoms. The van der Waals surface area contributed by atoms with Crippen LogP contribution in [0.4, 0.5) is 21.0 Å². The zero-order valence-corrected chi connectivity index (χ0v) is 16.1. The van der Waals surface area contributed by atoms with Gasteiger partial charge in [-0.05, 0) is 25.0 Å². The summed E-state index contributed by atoms with van der Waals surface area (Å²) in [5.74, 6) is 0. The molecular formula is C14H20F6N6O2P-. The van der Waals surface area contributed by atoms with Gasteiger partial charge in [0.25, 0.3) is 0 Å². The van der Waals surface area contributed by atoms with E-state index >= 15 is 0 Å². The molecule has 0 spiro atoms. The standard InChI is InChI=1S/C14H20N6O2.F5P.FH/c21-20-13-12(4-3-5-15-13)19(16-20)14(17-6-1-2-7-17)18-8-10-22-11-9-18;1-6(2,3,4)5;/h3-5,14H,1-2,6-11H2;;1H/p-1. The fourth-order valence-electron chi connectivity index (χ4n) is 3.38. The number of halogens is 6. The van der Waals surface area contributed by atoms with E-state index < -0.39 is 8.16 Å². The molecule has 0 amide bonds. The van der Waals surface area contributed by atoms with Crippen LogP contribution in [-0.4, -0.2) is 64.1 Å². The van der Waals surface area contributed by atoms with Crippen molar-refractivity contribution in [3.63, 3.8) is 0 Å². The van der Waals surface area contributed by atoms with Gasteiger partial charge in [-0.15, -0.1) is 14.5 Å². The molecule has 0 saturated carbocycles. The first-order chi connectivity index (χ1) is 13.1. The number of likely N-dealkylation sites (tertiary alicyclic amines) is 1. The molecule has 2 aliphatic rings. The second kappa shape index (κ2) is 8.94. The summed E-state index contributed by atoms with van der Waals surface area (Å²) in [6.07, 6.45) is 3.97. The summed E-state index contributed by atoms with van der Waals surface area (Å²) in [6, 6.07) is 3.76. The van der Waals surface area contributed by atoms with Crippen LogP contribution in [0.25, 0.3) is 11.2 Å². The number of nitrogens with zero attached hydrogens (tertiary/aromatic N) is 6. The smallest absolute Gasteiger partial charge is 0.324 e. The quantitative estimate of drug-likeness (QED) is 0.283. The largest absolute Gasteiger partial charge is 1.00 e. The van der Waals surface area contributed by atoms with E-state index in [4.69, 9.17) is 4.74 Å². The van der Waals surface area contributed by atoms with E-state index in [-0.39, 0.29) is 11.0 Å². The Balaban J connectivity index is 0.000000379. The van der Waals surface area contributed by atoms with Crippen LogP contribution in [0.15, 0.2) is 18.3 Å². The van der Waals surface area contributed by atoms with Gasteiger partial charge in [0, 0.05) is 31.4 Å². The Morgan fingerprint density at radius 1 is 1.03 bits per heavy atom. The van der Waals surface area contributed by atoms with Crippen LogP contribution >= 0.6 is 8.16 Å². The molecule has 8 nitrogen and oxygen atoms in total. The first kappa shape index (κ1) is 23.5. The van der Waals surface area contributed by atoms with Crippen molar-refractivity contribution in [3.05, 3.63) is 23.5 Å². The molecule has 2 saturated heterocycles. The van der Waals surface area contributed by atoms with E-state index in [1.807, 2.05) is 16.8 Å². The van der Waals surface area contributed by atoms with Gasteiger partial charge in [0.1, 0.15) is 6.20 Å². The topological polar surface area (TPSA) is 73.4 Å². The van der Waals surface area contributed by atoms with Crippen LogP contribution < -0.4 is 9.55 Å². The monoisotopic (exact) mass is 449 g/mol. The maximum Gasteiger partial charge on any atom is 0.324 e. The molecule has 0 aliphatic carbocycles. The molecule has 2 aromatic rings. The second-order valence-corrected chi connectivity index (χ2v) is 7.71. The van der Waals surface area contributed by atoms with E-state index in [9.17, 15) is 26.2 Å². The van der Waals surface area contributed by atoms with Crippen LogP contribution in [0, 0.1) is 5.21 Å². The minimum atomic E-state index is -8.55. The first-order valence-electron chi connectivity index (χ1n) is 8.68. The zero-order valence-electron chi connectivity index (χ0n) is 15.2. The van der Waals surface area contributed by atoms with Crippen LogP contribution in [0.3, 0.4) is 0 Å². The first-order valence-corrected chi connectivity index (χ1v) is 10.4. The summed E-state index contributed by atoms with van der Waals surface area (Å²) in [5, 5.41) is 16.3. The van der Waals surface area contributed by atoms with Crippen molar-refractivity contribution < 1.29 is 35.3 Å². The Hall–Kier alpha value is -1.76. The molecule has 2 aromatic heterocycles. The summed E-state index contributed by atoms with van der Waals surface area (Å²) in [5.41, 5.74) is 1.15. The Labute approximate surface area is 162 Å². The Morgan fingerprint density at radius 2 is 1.59 bits per heavy atom. The van der Waals surface area contributed by atoms with Gasteiger partial charge >= 0.3 is 34.8 Å². The van der Waals surface area contributed by atoms with Gasteiger partial charge in [-0.3, -0.25) is 9.80 Å². The van der Waals surface area contributed by atoms with Crippen LogP contribution in [0.5, 0.6) is 0 Å². The van der Waals surface area contributed by atoms with Crippen molar-refractivity contribution in [2.24, 2.45) is 0 Å².